The molecule has 0 bridgehead atoms. The van der Waals surface area contributed by atoms with Crippen molar-refractivity contribution in [2.24, 2.45) is 4.99 Å². The Morgan fingerprint density at radius 2 is 1.87 bits per heavy atom. The van der Waals surface area contributed by atoms with Gasteiger partial charge in [0.2, 0.25) is 0 Å². The van der Waals surface area contributed by atoms with E-state index in [4.69, 9.17) is 0 Å². The first-order chi connectivity index (χ1) is 14.2. The van der Waals surface area contributed by atoms with Gasteiger partial charge in [0, 0.05) is 31.4 Å². The Kier molecular flexibility index (Phi) is 11.0. The monoisotopic (exact) mass is 554 g/mol. The molecule has 0 saturated heterocycles. The standard InChI is InChI=1S/C21H26F4N4O.HI/c1-3-26-20(27-11-4-5-12-29-15(2)7-6-8-19(29)30)28-14-16-9-10-17(22)13-18(16)21(23,24)25;/h6-10,13H,3-5,11-12,14H2,1-2H3,(H2,26,27,28);1H. The van der Waals surface area contributed by atoms with Crippen LogP contribution in [0.25, 0.3) is 0 Å². The van der Waals surface area contributed by atoms with E-state index in [9.17, 15) is 22.4 Å². The van der Waals surface area contributed by atoms with Crippen molar-refractivity contribution in [2.45, 2.75) is 46.0 Å². The van der Waals surface area contributed by atoms with Crippen molar-refractivity contribution in [2.75, 3.05) is 13.1 Å². The molecule has 0 unspecified atom stereocenters. The second kappa shape index (κ2) is 12.7. The highest BCUT2D eigenvalue weighted by molar-refractivity contribution is 14.0. The zero-order valence-corrected chi connectivity index (χ0v) is 19.8. The molecule has 2 rings (SSSR count). The lowest BCUT2D eigenvalue weighted by atomic mass is 10.1. The van der Waals surface area contributed by atoms with E-state index in [0.717, 1.165) is 30.7 Å². The summed E-state index contributed by atoms with van der Waals surface area (Å²) < 4.78 is 54.3. The van der Waals surface area contributed by atoms with Crippen molar-refractivity contribution in [1.82, 2.24) is 15.2 Å². The summed E-state index contributed by atoms with van der Waals surface area (Å²) in [6, 6.07) is 7.70. The first-order valence-corrected chi connectivity index (χ1v) is 9.76. The zero-order valence-electron chi connectivity index (χ0n) is 17.4. The van der Waals surface area contributed by atoms with Gasteiger partial charge in [-0.3, -0.25) is 4.79 Å². The number of benzene rings is 1. The molecule has 0 aliphatic carbocycles. The summed E-state index contributed by atoms with van der Waals surface area (Å²) in [7, 11) is 0. The molecule has 0 saturated carbocycles. The highest BCUT2D eigenvalue weighted by Gasteiger charge is 2.33. The smallest absolute Gasteiger partial charge is 0.357 e. The Morgan fingerprint density at radius 3 is 2.52 bits per heavy atom. The SMILES string of the molecule is CCNC(=NCc1ccc(F)cc1C(F)(F)F)NCCCCn1c(C)cccc1=O.I. The fourth-order valence-electron chi connectivity index (χ4n) is 2.97. The van der Waals surface area contributed by atoms with Crippen LogP contribution in [0.3, 0.4) is 0 Å². The maximum Gasteiger partial charge on any atom is 0.416 e. The number of halogens is 5. The van der Waals surface area contributed by atoms with Crippen molar-refractivity contribution in [3.05, 3.63) is 69.4 Å². The van der Waals surface area contributed by atoms with Crippen molar-refractivity contribution in [3.63, 3.8) is 0 Å². The number of rotatable bonds is 8. The lowest BCUT2D eigenvalue weighted by Gasteiger charge is -2.14. The van der Waals surface area contributed by atoms with E-state index in [1.54, 1.807) is 10.6 Å². The van der Waals surface area contributed by atoms with E-state index in [2.05, 4.69) is 15.6 Å². The molecule has 0 spiro atoms. The number of aryl methyl sites for hydroxylation is 1. The van der Waals surface area contributed by atoms with E-state index in [1.807, 2.05) is 19.9 Å². The van der Waals surface area contributed by atoms with Gasteiger partial charge < -0.3 is 15.2 Å². The van der Waals surface area contributed by atoms with E-state index in [-0.39, 0.29) is 41.6 Å². The van der Waals surface area contributed by atoms with Crippen LogP contribution < -0.4 is 16.2 Å². The van der Waals surface area contributed by atoms with Gasteiger partial charge in [0.05, 0.1) is 12.1 Å². The van der Waals surface area contributed by atoms with Crippen LogP contribution in [0.4, 0.5) is 17.6 Å². The third-order valence-corrected chi connectivity index (χ3v) is 4.50. The molecular formula is C21H27F4IN4O. The molecule has 0 radical (unpaired) electrons. The summed E-state index contributed by atoms with van der Waals surface area (Å²) in [6.45, 7) is 5.16. The largest absolute Gasteiger partial charge is 0.416 e. The third-order valence-electron chi connectivity index (χ3n) is 4.50. The lowest BCUT2D eigenvalue weighted by molar-refractivity contribution is -0.138. The Morgan fingerprint density at radius 1 is 1.13 bits per heavy atom. The second-order valence-corrected chi connectivity index (χ2v) is 6.79. The number of nitrogens with zero attached hydrogens (tertiary/aromatic N) is 2. The van der Waals surface area contributed by atoms with E-state index >= 15 is 0 Å². The molecule has 2 N–H and O–H groups in total. The van der Waals surface area contributed by atoms with Crippen LogP contribution >= 0.6 is 24.0 Å². The molecule has 0 amide bonds. The average Bonchev–Trinajstić information content (AvgIpc) is 2.67. The summed E-state index contributed by atoms with van der Waals surface area (Å²) in [4.78, 5) is 16.0. The maximum atomic E-state index is 13.2. The van der Waals surface area contributed by atoms with Crippen molar-refractivity contribution >= 4 is 29.9 Å². The Bertz CT molecular complexity index is 928. The highest BCUT2D eigenvalue weighted by Crippen LogP contribution is 2.32. The number of pyridine rings is 1. The minimum absolute atomic E-state index is 0. The number of alkyl halides is 3. The minimum atomic E-state index is -4.65. The Labute approximate surface area is 196 Å². The predicted molar refractivity (Wildman–Crippen MR) is 124 cm³/mol. The van der Waals surface area contributed by atoms with Gasteiger partial charge in [-0.25, -0.2) is 9.38 Å². The van der Waals surface area contributed by atoms with E-state index in [1.165, 1.54) is 6.07 Å². The van der Waals surface area contributed by atoms with Crippen LogP contribution in [-0.2, 0) is 19.3 Å². The van der Waals surface area contributed by atoms with Crippen LogP contribution in [0, 0.1) is 12.7 Å². The first kappa shape index (κ1) is 26.9. The molecule has 10 heteroatoms. The molecule has 0 atom stereocenters. The number of unbranched alkanes of at least 4 members (excludes halogenated alkanes) is 1. The zero-order chi connectivity index (χ0) is 22.1. The van der Waals surface area contributed by atoms with Gasteiger partial charge in [-0.1, -0.05) is 12.1 Å². The Balaban J connectivity index is 0.00000480. The van der Waals surface area contributed by atoms with Crippen LogP contribution in [0.2, 0.25) is 0 Å². The third kappa shape index (κ3) is 8.50. The van der Waals surface area contributed by atoms with Crippen LogP contribution in [-0.4, -0.2) is 23.6 Å². The molecule has 0 fully saturated rings. The molecule has 1 heterocycles. The molecule has 2 aromatic rings. The number of nitrogens with one attached hydrogen (secondary N) is 2. The van der Waals surface area contributed by atoms with Crippen LogP contribution in [0.5, 0.6) is 0 Å². The summed E-state index contributed by atoms with van der Waals surface area (Å²) in [5.74, 6) is -0.559. The molecule has 0 aliphatic heterocycles. The van der Waals surface area contributed by atoms with Gasteiger partial charge in [0.25, 0.3) is 5.56 Å². The van der Waals surface area contributed by atoms with Gasteiger partial charge in [0.15, 0.2) is 5.96 Å². The predicted octanol–water partition coefficient (Wildman–Crippen LogP) is 4.47. The average molecular weight is 554 g/mol. The first-order valence-electron chi connectivity index (χ1n) is 9.76. The van der Waals surface area contributed by atoms with Gasteiger partial charge in [0.1, 0.15) is 5.82 Å². The van der Waals surface area contributed by atoms with E-state index in [0.29, 0.717) is 31.7 Å². The lowest BCUT2D eigenvalue weighted by Crippen LogP contribution is -2.37. The molecular weight excluding hydrogens is 527 g/mol. The highest BCUT2D eigenvalue weighted by atomic mass is 127. The van der Waals surface area contributed by atoms with Crippen LogP contribution in [0.1, 0.15) is 36.6 Å². The summed E-state index contributed by atoms with van der Waals surface area (Å²) in [5.41, 5.74) is -0.270. The maximum absolute atomic E-state index is 13.2. The summed E-state index contributed by atoms with van der Waals surface area (Å²) in [6.07, 6.45) is -3.14. The van der Waals surface area contributed by atoms with Crippen molar-refractivity contribution in [1.29, 1.82) is 0 Å². The van der Waals surface area contributed by atoms with E-state index < -0.39 is 17.6 Å². The topological polar surface area (TPSA) is 58.4 Å². The van der Waals surface area contributed by atoms with Crippen LogP contribution in [0.15, 0.2) is 46.2 Å². The molecule has 31 heavy (non-hydrogen) atoms. The van der Waals surface area contributed by atoms with Crippen molar-refractivity contribution in [3.8, 4) is 0 Å². The molecule has 0 aliphatic rings. The second-order valence-electron chi connectivity index (χ2n) is 6.79. The fraction of sp³-hybridized carbons (Fsp3) is 0.429. The quantitative estimate of drug-likeness (QED) is 0.167. The molecule has 1 aromatic heterocycles. The number of aliphatic imine (C=N–C) groups is 1. The summed E-state index contributed by atoms with van der Waals surface area (Å²) in [5, 5.41) is 6.05. The van der Waals surface area contributed by atoms with Crippen molar-refractivity contribution < 1.29 is 17.6 Å². The van der Waals surface area contributed by atoms with Gasteiger partial charge in [-0.15, -0.1) is 24.0 Å². The van der Waals surface area contributed by atoms with Gasteiger partial charge in [-0.2, -0.15) is 13.2 Å². The summed E-state index contributed by atoms with van der Waals surface area (Å²) >= 11 is 0. The Hall–Kier alpha value is -2.11. The number of hydrogen-bond donors (Lipinski definition) is 2. The number of hydrogen-bond acceptors (Lipinski definition) is 2. The normalized spacial score (nSPS) is 11.7. The molecule has 172 valence electrons. The number of guanidine groups is 1. The van der Waals surface area contributed by atoms with Gasteiger partial charge >= 0.3 is 6.18 Å². The number of aromatic nitrogens is 1. The fourth-order valence-corrected chi connectivity index (χ4v) is 2.97. The minimum Gasteiger partial charge on any atom is -0.357 e. The molecule has 1 aromatic carbocycles. The molecule has 5 nitrogen and oxygen atoms in total. The van der Waals surface area contributed by atoms with Gasteiger partial charge in [-0.05, 0) is 50.5 Å².